The third-order valence-electron chi connectivity index (χ3n) is 2.25. The Morgan fingerprint density at radius 2 is 2.19 bits per heavy atom. The van der Waals surface area contributed by atoms with E-state index >= 15 is 0 Å². The molecule has 0 fully saturated rings. The maximum Gasteiger partial charge on any atom is 0.141 e. The second kappa shape index (κ2) is 5.55. The quantitative estimate of drug-likeness (QED) is 0.795. The molecule has 0 N–H and O–H groups in total. The molecule has 0 atom stereocenters. The lowest BCUT2D eigenvalue weighted by molar-refractivity contribution is -0.119. The van der Waals surface area contributed by atoms with Crippen LogP contribution in [0.1, 0.15) is 37.9 Å². The van der Waals surface area contributed by atoms with E-state index in [0.29, 0.717) is 19.4 Å². The number of ketones is 1. The summed E-state index contributed by atoms with van der Waals surface area (Å²) in [7, 11) is 1.61. The van der Waals surface area contributed by atoms with Crippen LogP contribution in [0.15, 0.2) is 5.38 Å². The number of methoxy groups -OCH3 is 1. The first-order valence-electron chi connectivity index (χ1n) is 5.39. The van der Waals surface area contributed by atoms with Gasteiger partial charge in [-0.1, -0.05) is 20.8 Å². The van der Waals surface area contributed by atoms with E-state index in [1.807, 2.05) is 5.38 Å². The highest BCUT2D eigenvalue weighted by Gasteiger charge is 2.18. The van der Waals surface area contributed by atoms with Gasteiger partial charge in [-0.05, 0) is 0 Å². The number of aromatic nitrogens is 1. The number of hydrogen-bond acceptors (Lipinski definition) is 4. The van der Waals surface area contributed by atoms with Crippen LogP contribution in [0.25, 0.3) is 0 Å². The molecule has 90 valence electrons. The Hall–Kier alpha value is -0.740. The van der Waals surface area contributed by atoms with Crippen LogP contribution in [0.5, 0.6) is 0 Å². The number of Topliss-reactive ketones (excluding diaryl/α,β-unsaturated/α-hetero) is 1. The van der Waals surface area contributed by atoms with Crippen LogP contribution < -0.4 is 0 Å². The Bertz CT molecular complexity index is 352. The highest BCUT2D eigenvalue weighted by molar-refractivity contribution is 7.09. The summed E-state index contributed by atoms with van der Waals surface area (Å²) in [5, 5.41) is 2.95. The van der Waals surface area contributed by atoms with Gasteiger partial charge >= 0.3 is 0 Å². The van der Waals surface area contributed by atoms with Crippen molar-refractivity contribution in [3.05, 3.63) is 16.1 Å². The van der Waals surface area contributed by atoms with E-state index in [1.165, 1.54) is 0 Å². The Morgan fingerprint density at radius 3 is 2.69 bits per heavy atom. The number of nitrogens with zero attached hydrogens (tertiary/aromatic N) is 1. The molecule has 16 heavy (non-hydrogen) atoms. The fourth-order valence-electron chi connectivity index (χ4n) is 1.21. The molecule has 1 heterocycles. The number of ether oxygens (including phenoxy) is 1. The molecule has 3 nitrogen and oxygen atoms in total. The van der Waals surface area contributed by atoms with Crippen LogP contribution in [-0.2, 0) is 21.4 Å². The van der Waals surface area contributed by atoms with Crippen LogP contribution in [0.2, 0.25) is 0 Å². The first-order chi connectivity index (χ1) is 7.43. The van der Waals surface area contributed by atoms with Crippen molar-refractivity contribution in [3.8, 4) is 0 Å². The Labute approximate surface area is 101 Å². The average Bonchev–Trinajstić information content (AvgIpc) is 2.62. The van der Waals surface area contributed by atoms with Crippen LogP contribution in [-0.4, -0.2) is 24.5 Å². The Morgan fingerprint density at radius 1 is 1.50 bits per heavy atom. The molecule has 0 amide bonds. The second-order valence-electron chi connectivity index (χ2n) is 4.83. The molecule has 0 radical (unpaired) electrons. The second-order valence-corrected chi connectivity index (χ2v) is 5.78. The zero-order valence-electron chi connectivity index (χ0n) is 10.4. The number of thiazole rings is 1. The summed E-state index contributed by atoms with van der Waals surface area (Å²) >= 11 is 1.57. The predicted octanol–water partition coefficient (Wildman–Crippen LogP) is 2.59. The molecule has 0 aliphatic carbocycles. The standard InChI is InChI=1S/C12H19NO2S/c1-12(2,3)10-8-16-11(13-10)7-9(14)5-6-15-4/h8H,5-7H2,1-4H3. The summed E-state index contributed by atoms with van der Waals surface area (Å²) in [5.41, 5.74) is 1.12. The van der Waals surface area contributed by atoms with Crippen molar-refractivity contribution in [2.24, 2.45) is 0 Å². The zero-order valence-corrected chi connectivity index (χ0v) is 11.2. The van der Waals surface area contributed by atoms with E-state index in [1.54, 1.807) is 18.4 Å². The minimum absolute atomic E-state index is 0.0598. The first kappa shape index (κ1) is 13.3. The van der Waals surface area contributed by atoms with Gasteiger partial charge in [0.05, 0.1) is 18.7 Å². The number of carbonyl (C=O) groups excluding carboxylic acids is 1. The summed E-state index contributed by atoms with van der Waals surface area (Å²) in [4.78, 5) is 16.0. The monoisotopic (exact) mass is 241 g/mol. The minimum atomic E-state index is 0.0598. The molecule has 1 aromatic heterocycles. The van der Waals surface area contributed by atoms with Crippen molar-refractivity contribution in [1.29, 1.82) is 0 Å². The molecule has 4 heteroatoms. The molecule has 0 spiro atoms. The normalized spacial score (nSPS) is 11.8. The van der Waals surface area contributed by atoms with Crippen molar-refractivity contribution in [2.75, 3.05) is 13.7 Å². The molecule has 0 saturated heterocycles. The van der Waals surface area contributed by atoms with Gasteiger partial charge in [0.15, 0.2) is 0 Å². The smallest absolute Gasteiger partial charge is 0.141 e. The maximum atomic E-state index is 11.5. The third-order valence-corrected chi connectivity index (χ3v) is 3.10. The van der Waals surface area contributed by atoms with Gasteiger partial charge in [0.1, 0.15) is 10.8 Å². The fourth-order valence-corrected chi connectivity index (χ4v) is 2.26. The molecular formula is C12H19NO2S. The van der Waals surface area contributed by atoms with E-state index in [2.05, 4.69) is 25.8 Å². The average molecular weight is 241 g/mol. The predicted molar refractivity (Wildman–Crippen MR) is 66.0 cm³/mol. The van der Waals surface area contributed by atoms with Crippen molar-refractivity contribution in [2.45, 2.75) is 39.0 Å². The van der Waals surface area contributed by atoms with Crippen molar-refractivity contribution in [3.63, 3.8) is 0 Å². The fraction of sp³-hybridized carbons (Fsp3) is 0.667. The van der Waals surface area contributed by atoms with E-state index in [9.17, 15) is 4.79 Å². The van der Waals surface area contributed by atoms with Gasteiger partial charge in [-0.3, -0.25) is 4.79 Å². The highest BCUT2D eigenvalue weighted by atomic mass is 32.1. The molecular weight excluding hydrogens is 222 g/mol. The molecule has 0 unspecified atom stereocenters. The third kappa shape index (κ3) is 4.02. The van der Waals surface area contributed by atoms with Crippen molar-refractivity contribution < 1.29 is 9.53 Å². The molecule has 1 rings (SSSR count). The summed E-state index contributed by atoms with van der Waals surface area (Å²) in [6.07, 6.45) is 0.908. The van der Waals surface area contributed by atoms with Gasteiger partial charge in [-0.2, -0.15) is 0 Å². The van der Waals surface area contributed by atoms with Gasteiger partial charge in [-0.25, -0.2) is 4.98 Å². The summed E-state index contributed by atoms with van der Waals surface area (Å²) in [6.45, 7) is 6.87. The van der Waals surface area contributed by atoms with Gasteiger partial charge in [-0.15, -0.1) is 11.3 Å². The summed E-state index contributed by atoms with van der Waals surface area (Å²) < 4.78 is 4.87. The molecule has 1 aromatic rings. The summed E-state index contributed by atoms with van der Waals surface area (Å²) in [5.74, 6) is 0.191. The minimum Gasteiger partial charge on any atom is -0.384 e. The van der Waals surface area contributed by atoms with Crippen LogP contribution in [0, 0.1) is 0 Å². The molecule has 0 aliphatic rings. The largest absolute Gasteiger partial charge is 0.384 e. The first-order valence-corrected chi connectivity index (χ1v) is 6.27. The van der Waals surface area contributed by atoms with Crippen LogP contribution in [0.4, 0.5) is 0 Å². The topological polar surface area (TPSA) is 39.2 Å². The van der Waals surface area contributed by atoms with Gasteiger partial charge in [0.2, 0.25) is 0 Å². The lowest BCUT2D eigenvalue weighted by Crippen LogP contribution is -2.12. The summed E-state index contributed by atoms with van der Waals surface area (Å²) in [6, 6.07) is 0. The Kier molecular flexibility index (Phi) is 4.62. The van der Waals surface area contributed by atoms with Gasteiger partial charge in [0.25, 0.3) is 0 Å². The number of rotatable bonds is 5. The molecule has 0 bridgehead atoms. The lowest BCUT2D eigenvalue weighted by Gasteiger charge is -2.14. The van der Waals surface area contributed by atoms with Crippen molar-refractivity contribution >= 4 is 17.1 Å². The van der Waals surface area contributed by atoms with E-state index in [0.717, 1.165) is 10.7 Å². The number of carbonyl (C=O) groups is 1. The zero-order chi connectivity index (χ0) is 12.2. The molecule has 0 aliphatic heterocycles. The highest BCUT2D eigenvalue weighted by Crippen LogP contribution is 2.24. The van der Waals surface area contributed by atoms with Crippen molar-refractivity contribution in [1.82, 2.24) is 4.98 Å². The molecule has 0 saturated carbocycles. The van der Waals surface area contributed by atoms with Gasteiger partial charge in [0, 0.05) is 24.3 Å². The van der Waals surface area contributed by atoms with Crippen LogP contribution >= 0.6 is 11.3 Å². The number of hydrogen-bond donors (Lipinski definition) is 0. The SMILES string of the molecule is COCCC(=O)Cc1nc(C(C)(C)C)cs1. The van der Waals surface area contributed by atoms with E-state index < -0.39 is 0 Å². The Balaban J connectivity index is 2.56. The maximum absolute atomic E-state index is 11.5. The van der Waals surface area contributed by atoms with Gasteiger partial charge < -0.3 is 4.74 Å². The van der Waals surface area contributed by atoms with E-state index in [4.69, 9.17) is 4.74 Å². The van der Waals surface area contributed by atoms with E-state index in [-0.39, 0.29) is 11.2 Å². The lowest BCUT2D eigenvalue weighted by atomic mass is 9.93. The van der Waals surface area contributed by atoms with Crippen LogP contribution in [0.3, 0.4) is 0 Å². The molecule has 0 aromatic carbocycles.